The molecule has 0 atom stereocenters. The number of rotatable bonds is 4. The third-order valence-corrected chi connectivity index (χ3v) is 7.73. The van der Waals surface area contributed by atoms with Gasteiger partial charge >= 0.3 is 0 Å². The van der Waals surface area contributed by atoms with Gasteiger partial charge in [0.15, 0.2) is 5.16 Å². The molecule has 1 aliphatic heterocycles. The van der Waals surface area contributed by atoms with Crippen molar-refractivity contribution in [2.45, 2.75) is 25.0 Å². The maximum atomic E-state index is 13.4. The zero-order valence-electron chi connectivity index (χ0n) is 17.4. The molecular formula is C24H20ClN3O2S2. The zero-order valence-corrected chi connectivity index (χ0v) is 19.8. The summed E-state index contributed by atoms with van der Waals surface area (Å²) in [4.78, 5) is 34.3. The molecule has 2 aromatic heterocycles. The van der Waals surface area contributed by atoms with E-state index in [2.05, 4.69) is 11.4 Å². The fourth-order valence-electron chi connectivity index (χ4n) is 3.91. The fourth-order valence-corrected chi connectivity index (χ4v) is 5.88. The number of amides is 1. The van der Waals surface area contributed by atoms with E-state index < -0.39 is 0 Å². The summed E-state index contributed by atoms with van der Waals surface area (Å²) in [5.74, 6) is 0.257. The molecule has 32 heavy (non-hydrogen) atoms. The number of benzene rings is 2. The molecule has 0 spiro atoms. The van der Waals surface area contributed by atoms with Gasteiger partial charge in [0.2, 0.25) is 5.91 Å². The predicted octanol–water partition coefficient (Wildman–Crippen LogP) is 5.09. The first-order chi connectivity index (χ1) is 15.5. The molecule has 5 nitrogen and oxygen atoms in total. The Kier molecular flexibility index (Phi) is 5.80. The SMILES string of the molecule is Cc1cccc(-n2c(SCC(=O)N3CCc4sccc4C3)nc3cc(Cl)ccc3c2=O)c1. The summed E-state index contributed by atoms with van der Waals surface area (Å²) in [7, 11) is 0. The van der Waals surface area contributed by atoms with Crippen LogP contribution >= 0.6 is 34.7 Å². The van der Waals surface area contributed by atoms with Gasteiger partial charge in [0, 0.05) is 23.0 Å². The lowest BCUT2D eigenvalue weighted by atomic mass is 10.1. The van der Waals surface area contributed by atoms with Gasteiger partial charge in [0.1, 0.15) is 0 Å². The topological polar surface area (TPSA) is 55.2 Å². The first-order valence-electron chi connectivity index (χ1n) is 10.2. The van der Waals surface area contributed by atoms with Crippen molar-refractivity contribution in [2.75, 3.05) is 12.3 Å². The number of thioether (sulfide) groups is 1. The van der Waals surface area contributed by atoms with E-state index in [0.717, 1.165) is 24.2 Å². The Morgan fingerprint density at radius 3 is 2.94 bits per heavy atom. The molecule has 0 radical (unpaired) electrons. The number of hydrogen-bond acceptors (Lipinski definition) is 5. The van der Waals surface area contributed by atoms with Crippen LogP contribution in [0.4, 0.5) is 0 Å². The molecule has 0 bridgehead atoms. The normalized spacial score (nSPS) is 13.4. The maximum Gasteiger partial charge on any atom is 0.266 e. The van der Waals surface area contributed by atoms with Crippen LogP contribution in [0.2, 0.25) is 5.02 Å². The van der Waals surface area contributed by atoms with E-state index in [1.165, 1.54) is 22.2 Å². The Bertz CT molecular complexity index is 1400. The summed E-state index contributed by atoms with van der Waals surface area (Å²) >= 11 is 9.19. The summed E-state index contributed by atoms with van der Waals surface area (Å²) in [6.07, 6.45) is 0.893. The minimum absolute atomic E-state index is 0.0445. The van der Waals surface area contributed by atoms with Crippen LogP contribution < -0.4 is 5.56 Å². The maximum absolute atomic E-state index is 13.4. The van der Waals surface area contributed by atoms with E-state index in [1.54, 1.807) is 34.1 Å². The molecule has 0 N–H and O–H groups in total. The van der Waals surface area contributed by atoms with Crippen LogP contribution in [0.5, 0.6) is 0 Å². The van der Waals surface area contributed by atoms with E-state index in [4.69, 9.17) is 16.6 Å². The van der Waals surface area contributed by atoms with Crippen LogP contribution in [0.1, 0.15) is 16.0 Å². The smallest absolute Gasteiger partial charge is 0.266 e. The zero-order chi connectivity index (χ0) is 22.2. The number of hydrogen-bond donors (Lipinski definition) is 0. The van der Waals surface area contributed by atoms with E-state index in [1.807, 2.05) is 36.1 Å². The lowest BCUT2D eigenvalue weighted by Gasteiger charge is -2.27. The van der Waals surface area contributed by atoms with Crippen molar-refractivity contribution in [1.82, 2.24) is 14.5 Å². The second-order valence-electron chi connectivity index (χ2n) is 7.76. The van der Waals surface area contributed by atoms with Crippen LogP contribution in [0.15, 0.2) is 63.9 Å². The number of thiophene rings is 1. The average molecular weight is 482 g/mol. The molecule has 5 rings (SSSR count). The molecule has 0 unspecified atom stereocenters. The van der Waals surface area contributed by atoms with Crippen molar-refractivity contribution in [3.8, 4) is 5.69 Å². The molecule has 0 saturated carbocycles. The molecule has 2 aromatic carbocycles. The van der Waals surface area contributed by atoms with Crippen LogP contribution in [-0.2, 0) is 17.8 Å². The Balaban J connectivity index is 1.49. The minimum Gasteiger partial charge on any atom is -0.337 e. The highest BCUT2D eigenvalue weighted by molar-refractivity contribution is 7.99. The fraction of sp³-hybridized carbons (Fsp3) is 0.208. The van der Waals surface area contributed by atoms with Crippen LogP contribution in [0.25, 0.3) is 16.6 Å². The van der Waals surface area contributed by atoms with E-state index in [-0.39, 0.29) is 17.2 Å². The highest BCUT2D eigenvalue weighted by atomic mass is 35.5. The first kappa shape index (κ1) is 21.2. The summed E-state index contributed by atoms with van der Waals surface area (Å²) in [6, 6.07) is 14.9. The van der Waals surface area contributed by atoms with Gasteiger partial charge in [-0.1, -0.05) is 35.5 Å². The number of fused-ring (bicyclic) bond motifs is 2. The molecule has 1 amide bonds. The Hall–Kier alpha value is -2.61. The summed E-state index contributed by atoms with van der Waals surface area (Å²) < 4.78 is 1.59. The van der Waals surface area contributed by atoms with E-state index in [0.29, 0.717) is 27.6 Å². The monoisotopic (exact) mass is 481 g/mol. The number of aromatic nitrogens is 2. The van der Waals surface area contributed by atoms with E-state index in [9.17, 15) is 9.59 Å². The van der Waals surface area contributed by atoms with Crippen molar-refractivity contribution in [1.29, 1.82) is 0 Å². The summed E-state index contributed by atoms with van der Waals surface area (Å²) in [5.41, 5.74) is 3.36. The van der Waals surface area contributed by atoms with Crippen LogP contribution in [0.3, 0.4) is 0 Å². The number of carbonyl (C=O) groups excluding carboxylic acids is 1. The van der Waals surface area contributed by atoms with E-state index >= 15 is 0 Å². The van der Waals surface area contributed by atoms with Crippen molar-refractivity contribution < 1.29 is 4.79 Å². The van der Waals surface area contributed by atoms with Crippen molar-refractivity contribution >= 4 is 51.5 Å². The number of aryl methyl sites for hydroxylation is 1. The van der Waals surface area contributed by atoms with Gasteiger partial charge in [-0.2, -0.15) is 0 Å². The molecule has 8 heteroatoms. The van der Waals surface area contributed by atoms with Gasteiger partial charge in [-0.25, -0.2) is 4.98 Å². The predicted molar refractivity (Wildman–Crippen MR) is 131 cm³/mol. The standard InChI is InChI=1S/C24H20ClN3O2S2/c1-15-3-2-4-18(11-15)28-23(30)19-6-5-17(25)12-20(19)26-24(28)32-14-22(29)27-9-7-21-16(13-27)8-10-31-21/h2-6,8,10-12H,7,9,13-14H2,1H3. The first-order valence-corrected chi connectivity index (χ1v) is 12.5. The second-order valence-corrected chi connectivity index (χ2v) is 10.1. The van der Waals surface area contributed by atoms with Crippen molar-refractivity contribution in [3.63, 3.8) is 0 Å². The molecular weight excluding hydrogens is 462 g/mol. The lowest BCUT2D eigenvalue weighted by Crippen LogP contribution is -2.36. The highest BCUT2D eigenvalue weighted by Gasteiger charge is 2.22. The molecule has 0 aliphatic carbocycles. The van der Waals surface area contributed by atoms with Crippen molar-refractivity contribution in [2.24, 2.45) is 0 Å². The highest BCUT2D eigenvalue weighted by Crippen LogP contribution is 2.27. The molecule has 3 heterocycles. The molecule has 162 valence electrons. The van der Waals surface area contributed by atoms with Crippen LogP contribution in [0, 0.1) is 6.92 Å². The minimum atomic E-state index is -0.173. The third kappa shape index (κ3) is 4.08. The molecule has 1 aliphatic rings. The Morgan fingerprint density at radius 1 is 1.22 bits per heavy atom. The van der Waals surface area contributed by atoms with Gasteiger partial charge in [0.25, 0.3) is 5.56 Å². The van der Waals surface area contributed by atoms with Gasteiger partial charge in [-0.15, -0.1) is 11.3 Å². The van der Waals surface area contributed by atoms with Gasteiger partial charge in [-0.05, 0) is 66.2 Å². The third-order valence-electron chi connectivity index (χ3n) is 5.55. The van der Waals surface area contributed by atoms with Gasteiger partial charge < -0.3 is 4.90 Å². The number of carbonyl (C=O) groups is 1. The molecule has 4 aromatic rings. The van der Waals surface area contributed by atoms with Crippen molar-refractivity contribution in [3.05, 3.63) is 85.3 Å². The second kappa shape index (κ2) is 8.73. The largest absolute Gasteiger partial charge is 0.337 e. The Morgan fingerprint density at radius 2 is 2.09 bits per heavy atom. The van der Waals surface area contributed by atoms with Crippen LogP contribution in [-0.4, -0.2) is 32.7 Å². The number of halogens is 1. The summed E-state index contributed by atoms with van der Waals surface area (Å²) in [5, 5.41) is 3.58. The van der Waals surface area contributed by atoms with Gasteiger partial charge in [0.05, 0.1) is 22.3 Å². The Labute approximate surface area is 198 Å². The number of nitrogens with zero attached hydrogens (tertiary/aromatic N) is 3. The molecule has 0 fully saturated rings. The molecule has 0 saturated heterocycles. The quantitative estimate of drug-likeness (QED) is 0.301. The average Bonchev–Trinajstić information content (AvgIpc) is 3.25. The summed E-state index contributed by atoms with van der Waals surface area (Å²) in [6.45, 7) is 3.34. The van der Waals surface area contributed by atoms with Gasteiger partial charge in [-0.3, -0.25) is 14.2 Å². The lowest BCUT2D eigenvalue weighted by molar-refractivity contribution is -0.129.